The van der Waals surface area contributed by atoms with Gasteiger partial charge >= 0.3 is 5.97 Å². The molecular weight excluding hydrogens is 396 g/mol. The molecule has 0 bridgehead atoms. The zero-order valence-electron chi connectivity index (χ0n) is 17.4. The highest BCUT2D eigenvalue weighted by Crippen LogP contribution is 2.57. The Labute approximate surface area is 175 Å². The highest BCUT2D eigenvalue weighted by molar-refractivity contribution is 5.91. The van der Waals surface area contributed by atoms with Crippen LogP contribution in [0.1, 0.15) is 46.0 Å². The van der Waals surface area contributed by atoms with Gasteiger partial charge in [-0.3, -0.25) is 0 Å². The van der Waals surface area contributed by atoms with E-state index in [0.29, 0.717) is 24.8 Å². The van der Waals surface area contributed by atoms with Crippen molar-refractivity contribution in [1.82, 2.24) is 0 Å². The molecule has 9 atom stereocenters. The van der Waals surface area contributed by atoms with Crippen molar-refractivity contribution in [2.75, 3.05) is 13.2 Å². The zero-order valence-corrected chi connectivity index (χ0v) is 17.4. The van der Waals surface area contributed by atoms with Crippen LogP contribution in [-0.2, 0) is 19.0 Å². The molecule has 4 aliphatic rings. The molecule has 170 valence electrons. The molecule has 0 amide bonds. The number of aliphatic hydroxyl groups is 5. The Morgan fingerprint density at radius 1 is 1.17 bits per heavy atom. The zero-order chi connectivity index (χ0) is 21.8. The summed E-state index contributed by atoms with van der Waals surface area (Å²) in [6.45, 7) is 3.18. The topological polar surface area (TPSA) is 146 Å². The Morgan fingerprint density at radius 2 is 1.90 bits per heavy atom. The Balaban J connectivity index is 1.51. The lowest BCUT2D eigenvalue weighted by atomic mass is 9.53. The molecule has 5 N–H and O–H groups in total. The summed E-state index contributed by atoms with van der Waals surface area (Å²) < 4.78 is 16.7. The second-order valence-electron chi connectivity index (χ2n) is 9.62. The van der Waals surface area contributed by atoms with Crippen LogP contribution < -0.4 is 0 Å². The highest BCUT2D eigenvalue weighted by Gasteiger charge is 2.57. The molecule has 2 aliphatic heterocycles. The lowest BCUT2D eigenvalue weighted by molar-refractivity contribution is -0.314. The van der Waals surface area contributed by atoms with Gasteiger partial charge in [0.05, 0.1) is 18.8 Å². The standard InChI is InChI=1S/C21H32O9/c1-10-11-6-14-20(2,7-12(11)29-18(10)26)4-3-5-21(14,27)9-28-19-17(25)16(24)15(23)13(8-22)30-19/h12-17,19,22-25,27H,3-9H2,1-2H3. The molecule has 2 saturated carbocycles. The van der Waals surface area contributed by atoms with Gasteiger partial charge in [-0.05, 0) is 55.9 Å². The third-order valence-electron chi connectivity index (χ3n) is 7.70. The van der Waals surface area contributed by atoms with E-state index in [4.69, 9.17) is 14.2 Å². The van der Waals surface area contributed by atoms with Gasteiger partial charge in [0.2, 0.25) is 0 Å². The van der Waals surface area contributed by atoms with Crippen molar-refractivity contribution >= 4 is 5.97 Å². The van der Waals surface area contributed by atoms with E-state index >= 15 is 0 Å². The van der Waals surface area contributed by atoms with Gasteiger partial charge in [0.25, 0.3) is 0 Å². The molecule has 4 rings (SSSR count). The van der Waals surface area contributed by atoms with Crippen LogP contribution >= 0.6 is 0 Å². The lowest BCUT2D eigenvalue weighted by Gasteiger charge is -2.55. The molecule has 9 heteroatoms. The molecule has 9 nitrogen and oxygen atoms in total. The maximum Gasteiger partial charge on any atom is 0.334 e. The molecule has 2 heterocycles. The van der Waals surface area contributed by atoms with Gasteiger partial charge in [0.1, 0.15) is 30.5 Å². The molecule has 0 radical (unpaired) electrons. The van der Waals surface area contributed by atoms with E-state index in [-0.39, 0.29) is 30.0 Å². The normalized spacial score (nSPS) is 48.9. The summed E-state index contributed by atoms with van der Waals surface area (Å²) in [5, 5.41) is 51.0. The predicted octanol–water partition coefficient (Wildman–Crippen LogP) is -0.624. The molecule has 30 heavy (non-hydrogen) atoms. The van der Waals surface area contributed by atoms with Gasteiger partial charge in [0.15, 0.2) is 6.29 Å². The first kappa shape index (κ1) is 22.1. The molecule has 1 saturated heterocycles. The van der Waals surface area contributed by atoms with Crippen LogP contribution in [0, 0.1) is 11.3 Å². The third kappa shape index (κ3) is 3.50. The van der Waals surface area contributed by atoms with Crippen molar-refractivity contribution in [2.24, 2.45) is 11.3 Å². The number of carbonyl (C=O) groups excluding carboxylic acids is 1. The van der Waals surface area contributed by atoms with Crippen molar-refractivity contribution in [3.63, 3.8) is 0 Å². The van der Waals surface area contributed by atoms with Gasteiger partial charge in [-0.2, -0.15) is 0 Å². The van der Waals surface area contributed by atoms with Gasteiger partial charge in [-0.25, -0.2) is 4.79 Å². The lowest BCUT2D eigenvalue weighted by Crippen LogP contribution is -2.61. The minimum Gasteiger partial charge on any atom is -0.454 e. The first-order valence-corrected chi connectivity index (χ1v) is 10.6. The highest BCUT2D eigenvalue weighted by atomic mass is 16.7. The van der Waals surface area contributed by atoms with Crippen LogP contribution in [0.5, 0.6) is 0 Å². The van der Waals surface area contributed by atoms with Crippen molar-refractivity contribution in [3.8, 4) is 0 Å². The average molecular weight is 428 g/mol. The van der Waals surface area contributed by atoms with E-state index in [9.17, 15) is 30.3 Å². The maximum absolute atomic E-state index is 12.0. The van der Waals surface area contributed by atoms with Gasteiger partial charge in [-0.15, -0.1) is 0 Å². The number of carbonyl (C=O) groups is 1. The largest absolute Gasteiger partial charge is 0.454 e. The number of aliphatic hydroxyl groups excluding tert-OH is 4. The summed E-state index contributed by atoms with van der Waals surface area (Å²) in [5.41, 5.74) is 0.112. The number of esters is 1. The number of rotatable bonds is 4. The predicted molar refractivity (Wildman–Crippen MR) is 102 cm³/mol. The van der Waals surface area contributed by atoms with Crippen molar-refractivity contribution in [2.45, 2.75) is 88.4 Å². The van der Waals surface area contributed by atoms with E-state index in [1.165, 1.54) is 0 Å². The molecule has 0 aromatic rings. The van der Waals surface area contributed by atoms with E-state index < -0.39 is 42.9 Å². The van der Waals surface area contributed by atoms with Crippen molar-refractivity contribution in [3.05, 3.63) is 11.1 Å². The number of ether oxygens (including phenoxy) is 3. The Hall–Kier alpha value is -1.07. The molecule has 9 unspecified atom stereocenters. The number of hydrogen-bond donors (Lipinski definition) is 5. The first-order chi connectivity index (χ1) is 14.1. The summed E-state index contributed by atoms with van der Waals surface area (Å²) in [6, 6.07) is 0. The van der Waals surface area contributed by atoms with Crippen LogP contribution in [0.15, 0.2) is 11.1 Å². The fourth-order valence-electron chi connectivity index (χ4n) is 5.83. The van der Waals surface area contributed by atoms with E-state index in [2.05, 4.69) is 6.92 Å². The van der Waals surface area contributed by atoms with Gasteiger partial charge in [0, 0.05) is 5.57 Å². The average Bonchev–Trinajstić information content (AvgIpc) is 2.97. The minimum atomic E-state index is -1.53. The monoisotopic (exact) mass is 428 g/mol. The van der Waals surface area contributed by atoms with Crippen LogP contribution in [0.2, 0.25) is 0 Å². The summed E-state index contributed by atoms with van der Waals surface area (Å²) in [4.78, 5) is 12.0. The molecule has 2 aliphatic carbocycles. The fourth-order valence-corrected chi connectivity index (χ4v) is 5.83. The molecule has 0 aromatic carbocycles. The van der Waals surface area contributed by atoms with Crippen molar-refractivity contribution < 1.29 is 44.5 Å². The van der Waals surface area contributed by atoms with Crippen LogP contribution in [-0.4, -0.2) is 87.1 Å². The fraction of sp³-hybridized carbons (Fsp3) is 0.857. The quantitative estimate of drug-likeness (QED) is 0.370. The summed E-state index contributed by atoms with van der Waals surface area (Å²) >= 11 is 0. The van der Waals surface area contributed by atoms with Crippen molar-refractivity contribution in [1.29, 1.82) is 0 Å². The third-order valence-corrected chi connectivity index (χ3v) is 7.70. The molecular formula is C21H32O9. The summed E-state index contributed by atoms with van der Waals surface area (Å²) in [6.07, 6.45) is -3.72. The van der Waals surface area contributed by atoms with Crippen LogP contribution in [0.4, 0.5) is 0 Å². The smallest absolute Gasteiger partial charge is 0.334 e. The first-order valence-electron chi connectivity index (χ1n) is 10.6. The second kappa shape index (κ2) is 7.81. The van der Waals surface area contributed by atoms with Crippen LogP contribution in [0.25, 0.3) is 0 Å². The van der Waals surface area contributed by atoms with Gasteiger partial charge in [-0.1, -0.05) is 6.92 Å². The Kier molecular flexibility index (Phi) is 5.76. The van der Waals surface area contributed by atoms with E-state index in [1.807, 2.05) is 0 Å². The van der Waals surface area contributed by atoms with Crippen LogP contribution in [0.3, 0.4) is 0 Å². The van der Waals surface area contributed by atoms with Gasteiger partial charge < -0.3 is 39.7 Å². The Morgan fingerprint density at radius 3 is 2.60 bits per heavy atom. The SMILES string of the molecule is CC1=C2CC3C(C)(CCCC3(O)COC3OC(CO)C(O)C(O)C3O)CC2OC1=O. The number of fused-ring (bicyclic) bond motifs is 2. The minimum absolute atomic E-state index is 0.137. The molecule has 0 aromatic heterocycles. The molecule has 3 fully saturated rings. The second-order valence-corrected chi connectivity index (χ2v) is 9.62. The van der Waals surface area contributed by atoms with E-state index in [1.54, 1.807) is 6.92 Å². The number of hydrogen-bond acceptors (Lipinski definition) is 9. The summed E-state index contributed by atoms with van der Waals surface area (Å²) in [7, 11) is 0. The van der Waals surface area contributed by atoms with E-state index in [0.717, 1.165) is 18.4 Å². The maximum atomic E-state index is 12.0. The Bertz CT molecular complexity index is 721. The summed E-state index contributed by atoms with van der Waals surface area (Å²) in [5.74, 6) is -0.460. The molecule has 0 spiro atoms.